The number of aromatic nitrogens is 6. The maximum atomic E-state index is 13.7. The van der Waals surface area contributed by atoms with E-state index in [1.807, 2.05) is 102 Å². The summed E-state index contributed by atoms with van der Waals surface area (Å²) in [7, 11) is 1.98. The van der Waals surface area contributed by atoms with Crippen LogP contribution >= 0.6 is 11.6 Å². The van der Waals surface area contributed by atoms with Crippen molar-refractivity contribution in [2.75, 3.05) is 46.4 Å². The maximum absolute atomic E-state index is 13.7. The molecule has 4 rings (SSSR count). The van der Waals surface area contributed by atoms with Crippen molar-refractivity contribution in [3.05, 3.63) is 70.8 Å². The summed E-state index contributed by atoms with van der Waals surface area (Å²) in [5.74, 6) is -0.423. The van der Waals surface area contributed by atoms with E-state index in [1.54, 1.807) is 13.8 Å². The van der Waals surface area contributed by atoms with Crippen molar-refractivity contribution in [1.29, 1.82) is 0 Å². The van der Waals surface area contributed by atoms with Crippen LogP contribution in [-0.4, -0.2) is 144 Å². The van der Waals surface area contributed by atoms with Crippen molar-refractivity contribution in [1.82, 2.24) is 61.7 Å². The van der Waals surface area contributed by atoms with Crippen molar-refractivity contribution in [2.24, 2.45) is 22.1 Å². The van der Waals surface area contributed by atoms with Gasteiger partial charge in [0.25, 0.3) is 0 Å². The van der Waals surface area contributed by atoms with E-state index < -0.39 is 53.9 Å². The number of H-pyrrole nitrogens is 1. The molecule has 0 bridgehead atoms. The first kappa shape index (κ1) is 63.7. The van der Waals surface area contributed by atoms with E-state index in [2.05, 4.69) is 69.3 Å². The second-order valence-electron chi connectivity index (χ2n) is 20.2. The Morgan fingerprint density at radius 2 is 1.53 bits per heavy atom. The number of ether oxygens (including phenoxy) is 1. The van der Waals surface area contributed by atoms with Crippen LogP contribution in [0, 0.1) is 11.8 Å². The van der Waals surface area contributed by atoms with Gasteiger partial charge < -0.3 is 46.3 Å². The van der Waals surface area contributed by atoms with E-state index in [0.717, 1.165) is 53.8 Å². The summed E-state index contributed by atoms with van der Waals surface area (Å²) in [5.41, 5.74) is 4.62. The molecule has 0 saturated carbocycles. The minimum absolute atomic E-state index is 0. The smallest absolute Gasteiger partial charge is 0.246 e. The molecule has 8 N–H and O–H groups in total. The standard InChI is InChI=1S/C52H79ClN14O7.Tc/c1-11-12-17-44-59-48(53)43(67(44)31-38-18-20-39(21-19-38)40-15-13-14-16-41(40)49-60-64-65-61-49)29-56-50(71)42(28-34(2)3)58-45(68)30-55-47(70)33-74-32-46(69)54-25-22-37(23-26-57-51(6,7)35(4)62-72)24-27-66(10)52(8,9)36(5)63-73;/h13-16,18-21,34,37,42,57,72-73H,11-12,17,22-33H2,1-10H3,(H,54,69)(H,55,70)(H,56,71)(H,58,68)(H,60,61,64,65);/b62-35+,63-36+;/t37?,42-;/m0./s1/i;1+1. The third-order valence-corrected chi connectivity index (χ3v) is 13.9. The average molecular weight is 1150 g/mol. The number of carbonyl (C=O) groups excluding carboxylic acids is 4. The van der Waals surface area contributed by atoms with Crippen LogP contribution in [0.3, 0.4) is 0 Å². The molecule has 2 heterocycles. The van der Waals surface area contributed by atoms with Crippen molar-refractivity contribution < 1.29 is 54.4 Å². The van der Waals surface area contributed by atoms with E-state index in [1.165, 1.54) is 0 Å². The third-order valence-electron chi connectivity index (χ3n) is 13.6. The Kier molecular flexibility index (Phi) is 26.7. The van der Waals surface area contributed by atoms with Gasteiger partial charge in [-0.05, 0) is 128 Å². The first-order chi connectivity index (χ1) is 35.2. The van der Waals surface area contributed by atoms with Gasteiger partial charge in [-0.15, -0.1) is 10.2 Å². The van der Waals surface area contributed by atoms with Gasteiger partial charge in [0.05, 0.1) is 41.3 Å². The zero-order valence-electron chi connectivity index (χ0n) is 45.2. The molecule has 21 nitrogen and oxygen atoms in total. The van der Waals surface area contributed by atoms with Gasteiger partial charge in [0, 0.05) is 45.2 Å². The second-order valence-corrected chi connectivity index (χ2v) is 20.5. The third kappa shape index (κ3) is 20.1. The summed E-state index contributed by atoms with van der Waals surface area (Å²) in [6.45, 7) is 18.4. The average Bonchev–Trinajstić information content (AvgIpc) is 4.02. The molecule has 4 amide bonds. The fourth-order valence-corrected chi connectivity index (χ4v) is 8.33. The number of carbonyl (C=O) groups is 4. The Morgan fingerprint density at radius 3 is 2.16 bits per heavy atom. The summed E-state index contributed by atoms with van der Waals surface area (Å²) >= 11 is 6.77. The van der Waals surface area contributed by atoms with Gasteiger partial charge in [0.2, 0.25) is 29.5 Å². The van der Waals surface area contributed by atoms with Crippen LogP contribution < -0.4 is 26.6 Å². The van der Waals surface area contributed by atoms with Gasteiger partial charge >= 0.3 is 0 Å². The van der Waals surface area contributed by atoms with E-state index >= 15 is 0 Å². The zero-order valence-corrected chi connectivity index (χ0v) is 47.8. The molecule has 1 radical (unpaired) electrons. The molecular weight excluding hydrogens is 1070 g/mol. The first-order valence-corrected chi connectivity index (χ1v) is 25.8. The fourth-order valence-electron chi connectivity index (χ4n) is 8.07. The van der Waals surface area contributed by atoms with Crippen LogP contribution in [0.4, 0.5) is 0 Å². The predicted octanol–water partition coefficient (Wildman–Crippen LogP) is 5.73. The number of tetrazole rings is 1. The van der Waals surface area contributed by atoms with Gasteiger partial charge in [-0.3, -0.25) is 24.1 Å². The first-order valence-electron chi connectivity index (χ1n) is 25.4. The second kappa shape index (κ2) is 31.4. The van der Waals surface area contributed by atoms with Crippen molar-refractivity contribution in [3.63, 3.8) is 0 Å². The molecule has 2 aromatic carbocycles. The van der Waals surface area contributed by atoms with Crippen molar-refractivity contribution >= 4 is 46.7 Å². The summed E-state index contributed by atoms with van der Waals surface area (Å²) in [4.78, 5) is 59.1. The Hall–Kier alpha value is -5.64. The minimum atomic E-state index is -0.901. The molecule has 0 aliphatic heterocycles. The SMILES string of the molecule is CCCCc1nc(Cl)c(CNC(=O)[C@H](CC(C)C)NC(=O)CNC(=O)COCC(=O)NCCC(CCNC(C)(C)/C(C)=N/O)CCN(C)C(C)(C)/C(C)=N/O)n1Cc1ccc(-c2ccccc2-c2nn[nH]n2)cc1.[99Tc]. The van der Waals surface area contributed by atoms with Crippen LogP contribution in [0.1, 0.15) is 118 Å². The minimum Gasteiger partial charge on any atom is -0.411 e. The summed E-state index contributed by atoms with van der Waals surface area (Å²) in [5, 5.41) is 54.8. The number of amides is 4. The molecule has 23 heteroatoms. The van der Waals surface area contributed by atoms with Crippen molar-refractivity contribution in [2.45, 2.75) is 137 Å². The number of imidazole rings is 1. The van der Waals surface area contributed by atoms with Gasteiger partial charge in [0.1, 0.15) is 25.1 Å². The number of nitrogens with zero attached hydrogens (tertiary/aromatic N) is 8. The summed E-state index contributed by atoms with van der Waals surface area (Å²) in [6.07, 6.45) is 5.15. The summed E-state index contributed by atoms with van der Waals surface area (Å²) in [6, 6.07) is 15.1. The number of unbranched alkanes of at least 4 members (excludes halogenated alkanes) is 1. The predicted molar refractivity (Wildman–Crippen MR) is 286 cm³/mol. The molecule has 75 heavy (non-hydrogen) atoms. The quantitative estimate of drug-likeness (QED) is 0.0165. The topological polar surface area (TPSA) is 278 Å². The molecule has 4 aromatic rings. The van der Waals surface area contributed by atoms with Gasteiger partial charge in [0.15, 0.2) is 5.15 Å². The Bertz CT molecular complexity index is 2480. The van der Waals surface area contributed by atoms with E-state index in [9.17, 15) is 29.6 Å². The molecule has 0 fully saturated rings. The zero-order chi connectivity index (χ0) is 54.4. The number of hydrogen-bond donors (Lipinski definition) is 8. The van der Waals surface area contributed by atoms with Crippen LogP contribution in [-0.2, 0) is 63.5 Å². The number of aromatic amines is 1. The number of oxime groups is 2. The largest absolute Gasteiger partial charge is 0.411 e. The van der Waals surface area contributed by atoms with Crippen LogP contribution in [0.15, 0.2) is 58.8 Å². The number of nitrogens with one attached hydrogen (secondary N) is 6. The molecule has 2 aromatic heterocycles. The fraction of sp³-hybridized carbons (Fsp3) is 0.577. The van der Waals surface area contributed by atoms with Gasteiger partial charge in [-0.1, -0.05) is 97.6 Å². The molecule has 0 spiro atoms. The number of halogens is 1. The Balaban J connectivity index is 0.0000148. The van der Waals surface area contributed by atoms with Crippen LogP contribution in [0.2, 0.25) is 5.15 Å². The molecule has 1 unspecified atom stereocenters. The normalized spacial score (nSPS) is 13.1. The Morgan fingerprint density at radius 1 is 0.880 bits per heavy atom. The number of aryl methyl sites for hydroxylation is 1. The van der Waals surface area contributed by atoms with E-state index in [4.69, 9.17) is 21.3 Å². The number of rotatable bonds is 32. The molecule has 413 valence electrons. The maximum Gasteiger partial charge on any atom is 0.246 e. The molecule has 0 aliphatic rings. The monoisotopic (exact) mass is 1150 g/mol. The number of hydrogen-bond acceptors (Lipinski definition) is 15. The number of benzene rings is 2. The van der Waals surface area contributed by atoms with E-state index in [0.29, 0.717) is 68.4 Å². The molecule has 2 atom stereocenters. The Labute approximate surface area is 459 Å². The summed E-state index contributed by atoms with van der Waals surface area (Å²) < 4.78 is 7.41. The van der Waals surface area contributed by atoms with Crippen LogP contribution in [0.25, 0.3) is 22.5 Å². The molecular formula is C52H79ClN14O7Tc. The van der Waals surface area contributed by atoms with Crippen molar-refractivity contribution in [3.8, 4) is 22.5 Å². The van der Waals surface area contributed by atoms with Gasteiger partial charge in [-0.25, -0.2) is 4.98 Å². The van der Waals surface area contributed by atoms with Crippen LogP contribution in [0.5, 0.6) is 0 Å². The molecule has 0 saturated heterocycles. The molecule has 0 aliphatic carbocycles. The van der Waals surface area contributed by atoms with Gasteiger partial charge in [-0.2, -0.15) is 5.21 Å². The van der Waals surface area contributed by atoms with E-state index in [-0.39, 0.29) is 50.2 Å².